The van der Waals surface area contributed by atoms with E-state index in [0.717, 1.165) is 24.0 Å². The van der Waals surface area contributed by atoms with E-state index in [4.69, 9.17) is 4.99 Å². The van der Waals surface area contributed by atoms with E-state index in [9.17, 15) is 4.79 Å². The van der Waals surface area contributed by atoms with Crippen LogP contribution in [0, 0.1) is 0 Å². The molecule has 24 heavy (non-hydrogen) atoms. The van der Waals surface area contributed by atoms with Gasteiger partial charge in [0.25, 0.3) is 0 Å². The monoisotopic (exact) mass is 336 g/mol. The van der Waals surface area contributed by atoms with Crippen molar-refractivity contribution in [3.8, 4) is 0 Å². The fraction of sp³-hybridized carbons (Fsp3) is 0.800. The molecule has 4 heteroatoms. The van der Waals surface area contributed by atoms with Gasteiger partial charge < -0.3 is 5.32 Å². The summed E-state index contributed by atoms with van der Waals surface area (Å²) in [6.45, 7) is 10.0. The highest BCUT2D eigenvalue weighted by molar-refractivity contribution is 5.73. The van der Waals surface area contributed by atoms with Gasteiger partial charge in [0.2, 0.25) is 5.91 Å². The number of allylic oxidation sites excluding steroid dienone is 1. The molecule has 3 unspecified atom stereocenters. The van der Waals surface area contributed by atoms with Crippen molar-refractivity contribution in [2.24, 2.45) is 4.99 Å². The molecule has 1 N–H and O–H groups in total. The summed E-state index contributed by atoms with van der Waals surface area (Å²) < 4.78 is 0.834. The maximum atomic E-state index is 11.4. The van der Waals surface area contributed by atoms with Crippen LogP contribution in [0.15, 0.2) is 17.1 Å². The molecule has 0 aliphatic carbocycles. The Kier molecular flexibility index (Phi) is 9.92. The molecule has 0 radical (unpaired) electrons. The van der Waals surface area contributed by atoms with Crippen molar-refractivity contribution in [1.82, 2.24) is 5.32 Å². The van der Waals surface area contributed by atoms with Crippen molar-refractivity contribution < 1.29 is 9.28 Å². The number of carbonyl (C=O) groups excluding carboxylic acids is 1. The quantitative estimate of drug-likeness (QED) is 0.320. The molecule has 0 saturated carbocycles. The molecule has 0 aromatic rings. The van der Waals surface area contributed by atoms with Gasteiger partial charge in [0.15, 0.2) is 12.3 Å². The third-order valence-corrected chi connectivity index (χ3v) is 5.30. The molecule has 1 amide bonds. The number of hydrogen-bond acceptors (Lipinski definition) is 2. The van der Waals surface area contributed by atoms with E-state index in [1.54, 1.807) is 6.92 Å². The van der Waals surface area contributed by atoms with Gasteiger partial charge in [0.1, 0.15) is 6.54 Å². The summed E-state index contributed by atoms with van der Waals surface area (Å²) in [7, 11) is 0. The summed E-state index contributed by atoms with van der Waals surface area (Å²) in [4.78, 5) is 16.1. The number of hydrogen-bond donors (Lipinski definition) is 1. The maximum Gasteiger partial charge on any atom is 0.221 e. The lowest BCUT2D eigenvalue weighted by atomic mass is 10.1. The summed E-state index contributed by atoms with van der Waals surface area (Å²) in [6.07, 6.45) is 17.2. The zero-order valence-corrected chi connectivity index (χ0v) is 16.3. The largest absolute Gasteiger partial charge is 0.307 e. The van der Waals surface area contributed by atoms with Crippen LogP contribution in [0.25, 0.3) is 0 Å². The fourth-order valence-electron chi connectivity index (χ4n) is 3.68. The molecule has 1 aliphatic rings. The highest BCUT2D eigenvalue weighted by Gasteiger charge is 2.42. The fourth-order valence-corrected chi connectivity index (χ4v) is 3.68. The van der Waals surface area contributed by atoms with Gasteiger partial charge in [-0.25, -0.2) is 4.99 Å². The van der Waals surface area contributed by atoms with Crippen LogP contribution < -0.4 is 5.32 Å². The van der Waals surface area contributed by atoms with E-state index in [-0.39, 0.29) is 18.2 Å². The second kappa shape index (κ2) is 11.4. The molecule has 1 rings (SSSR count). The number of unbranched alkanes of at least 4 members (excludes halogenated alkanes) is 6. The summed E-state index contributed by atoms with van der Waals surface area (Å²) in [5.74, 6) is 0.0396. The first kappa shape index (κ1) is 20.9. The number of rotatable bonds is 12. The highest BCUT2D eigenvalue weighted by Crippen LogP contribution is 2.25. The van der Waals surface area contributed by atoms with Crippen molar-refractivity contribution in [3.63, 3.8) is 0 Å². The molecule has 0 aromatic heterocycles. The second-order valence-electron chi connectivity index (χ2n) is 7.05. The van der Waals surface area contributed by atoms with Crippen molar-refractivity contribution in [2.75, 3.05) is 13.1 Å². The highest BCUT2D eigenvalue weighted by atomic mass is 16.1. The van der Waals surface area contributed by atoms with Crippen LogP contribution in [-0.4, -0.2) is 42.0 Å². The molecule has 138 valence electrons. The van der Waals surface area contributed by atoms with E-state index in [2.05, 4.69) is 38.2 Å². The van der Waals surface area contributed by atoms with E-state index in [0.29, 0.717) is 0 Å². The summed E-state index contributed by atoms with van der Waals surface area (Å²) in [5.41, 5.74) is 0. The van der Waals surface area contributed by atoms with Crippen molar-refractivity contribution in [2.45, 2.75) is 91.4 Å². The predicted octanol–water partition coefficient (Wildman–Crippen LogP) is 4.41. The molecule has 1 heterocycles. The molecule has 0 aromatic carbocycles. The molecule has 1 aliphatic heterocycles. The van der Waals surface area contributed by atoms with Gasteiger partial charge in [-0.3, -0.25) is 9.28 Å². The van der Waals surface area contributed by atoms with Crippen molar-refractivity contribution >= 4 is 12.1 Å². The molecule has 3 atom stereocenters. The third kappa shape index (κ3) is 6.39. The van der Waals surface area contributed by atoms with Crippen molar-refractivity contribution in [1.29, 1.82) is 0 Å². The van der Waals surface area contributed by atoms with E-state index < -0.39 is 0 Å². The topological polar surface area (TPSA) is 41.5 Å². The zero-order valence-electron chi connectivity index (χ0n) is 16.3. The minimum atomic E-state index is 0.0396. The van der Waals surface area contributed by atoms with Gasteiger partial charge in [-0.1, -0.05) is 51.2 Å². The number of aliphatic imine (C=N–C) groups is 1. The summed E-state index contributed by atoms with van der Waals surface area (Å²) in [5, 5.41) is 3.07. The lowest BCUT2D eigenvalue weighted by Crippen LogP contribution is -2.63. The average molecular weight is 337 g/mol. The van der Waals surface area contributed by atoms with E-state index >= 15 is 0 Å². The lowest BCUT2D eigenvalue weighted by molar-refractivity contribution is -0.958. The van der Waals surface area contributed by atoms with E-state index in [1.165, 1.54) is 44.9 Å². The lowest BCUT2D eigenvalue weighted by Gasteiger charge is -2.42. The Morgan fingerprint density at radius 3 is 2.62 bits per heavy atom. The zero-order chi connectivity index (χ0) is 17.8. The number of amides is 1. The Hall–Kier alpha value is -1.16. The number of nitrogens with one attached hydrogen (secondary N) is 1. The molecule has 0 saturated heterocycles. The first-order valence-corrected chi connectivity index (χ1v) is 9.87. The van der Waals surface area contributed by atoms with Crippen LogP contribution in [0.4, 0.5) is 0 Å². The standard InChI is InChI=1S/C20H37N3O/c1-5-7-8-9-10-11-12-13-14-15-20-21-16-17-23(20,6-2)18(3)22-19(4)24/h13-14,16,18,20H,5-12,15,17H2,1-4H3/p+1/b14-13+. The van der Waals surface area contributed by atoms with Crippen LogP contribution in [0.5, 0.6) is 0 Å². The van der Waals surface area contributed by atoms with Gasteiger partial charge in [-0.15, -0.1) is 0 Å². The van der Waals surface area contributed by atoms with Crippen LogP contribution >= 0.6 is 0 Å². The molecule has 0 bridgehead atoms. The van der Waals surface area contributed by atoms with Gasteiger partial charge >= 0.3 is 0 Å². The summed E-state index contributed by atoms with van der Waals surface area (Å²) in [6, 6.07) is 0. The van der Waals surface area contributed by atoms with Crippen LogP contribution in [0.3, 0.4) is 0 Å². The number of nitrogens with zero attached hydrogens (tertiary/aromatic N) is 2. The van der Waals surface area contributed by atoms with Crippen molar-refractivity contribution in [3.05, 3.63) is 12.2 Å². The van der Waals surface area contributed by atoms with E-state index in [1.807, 2.05) is 6.21 Å². The van der Waals surface area contributed by atoms with Gasteiger partial charge in [0, 0.05) is 20.3 Å². The Labute approximate surface area is 149 Å². The average Bonchev–Trinajstić information content (AvgIpc) is 2.97. The molecular formula is C20H38N3O+. The normalized spacial score (nSPS) is 24.6. The Balaban J connectivity index is 2.37. The number of carbonyl (C=O) groups is 1. The van der Waals surface area contributed by atoms with Crippen LogP contribution in [-0.2, 0) is 4.79 Å². The molecule has 4 nitrogen and oxygen atoms in total. The van der Waals surface area contributed by atoms with Crippen LogP contribution in [0.2, 0.25) is 0 Å². The maximum absolute atomic E-state index is 11.4. The van der Waals surface area contributed by atoms with Gasteiger partial charge in [0.05, 0.1) is 12.8 Å². The minimum absolute atomic E-state index is 0.0396. The first-order valence-electron chi connectivity index (χ1n) is 9.87. The Bertz CT molecular complexity index is 419. The first-order chi connectivity index (χ1) is 11.6. The van der Waals surface area contributed by atoms with Gasteiger partial charge in [-0.2, -0.15) is 0 Å². The Morgan fingerprint density at radius 2 is 1.96 bits per heavy atom. The van der Waals surface area contributed by atoms with Crippen LogP contribution in [0.1, 0.15) is 79.1 Å². The molecule has 0 fully saturated rings. The van der Waals surface area contributed by atoms with Gasteiger partial charge in [-0.05, 0) is 19.8 Å². The molecule has 0 spiro atoms. The predicted molar refractivity (Wildman–Crippen MR) is 103 cm³/mol. The summed E-state index contributed by atoms with van der Waals surface area (Å²) >= 11 is 0. The minimum Gasteiger partial charge on any atom is -0.307 e. The second-order valence-corrected chi connectivity index (χ2v) is 7.05. The smallest absolute Gasteiger partial charge is 0.221 e. The third-order valence-electron chi connectivity index (χ3n) is 5.30. The SMILES string of the molecule is CCCCCCCC/C=C/CC1N=CC[N+]1(CC)C(C)NC(C)=O. The molecular weight excluding hydrogens is 298 g/mol. The number of quaternary nitrogens is 1. The Morgan fingerprint density at radius 1 is 1.25 bits per heavy atom.